The summed E-state index contributed by atoms with van der Waals surface area (Å²) in [4.78, 5) is 15.4. The maximum absolute atomic E-state index is 5.20. The van der Waals surface area contributed by atoms with Gasteiger partial charge in [-0.1, -0.05) is 140 Å². The Bertz CT molecular complexity index is 2480. The molecule has 1 atom stereocenters. The Kier molecular flexibility index (Phi) is 6.42. The number of rotatable bonds is 6. The van der Waals surface area contributed by atoms with E-state index in [1.807, 2.05) is 42.5 Å². The van der Waals surface area contributed by atoms with Gasteiger partial charge in [0.25, 0.3) is 0 Å². The second kappa shape index (κ2) is 11.1. The van der Waals surface area contributed by atoms with Crippen LogP contribution in [0, 0.1) is 5.92 Å². The van der Waals surface area contributed by atoms with Crippen LogP contribution in [0.15, 0.2) is 158 Å². The van der Waals surface area contributed by atoms with Crippen molar-refractivity contribution in [3.63, 3.8) is 0 Å². The fraction of sp³-hybridized carbons (Fsp3) is 0.0714. The van der Waals surface area contributed by atoms with Crippen LogP contribution in [0.25, 0.3) is 72.3 Å². The summed E-state index contributed by atoms with van der Waals surface area (Å²) in [5.41, 5.74) is 7.66. The number of benzene rings is 5. The van der Waals surface area contributed by atoms with Crippen molar-refractivity contribution in [1.82, 2.24) is 24.1 Å². The van der Waals surface area contributed by atoms with Gasteiger partial charge >= 0.3 is 0 Å². The Hall–Kier alpha value is -6.07. The van der Waals surface area contributed by atoms with Crippen LogP contribution in [-0.2, 0) is 6.54 Å². The summed E-state index contributed by atoms with van der Waals surface area (Å²) in [6.07, 6.45) is 9.72. The summed E-state index contributed by atoms with van der Waals surface area (Å²) in [6, 6.07) is 42.3. The number of hydrogen-bond donors (Lipinski definition) is 0. The predicted octanol–water partition coefficient (Wildman–Crippen LogP) is 10.1. The first kappa shape index (κ1) is 27.3. The third-order valence-electron chi connectivity index (χ3n) is 9.32. The molecule has 1 unspecified atom stereocenters. The molecule has 0 saturated carbocycles. The third kappa shape index (κ3) is 4.50. The fourth-order valence-electron chi connectivity index (χ4n) is 7.09. The van der Waals surface area contributed by atoms with E-state index < -0.39 is 0 Å². The maximum atomic E-state index is 5.20. The van der Waals surface area contributed by atoms with Crippen molar-refractivity contribution >= 4 is 43.6 Å². The summed E-state index contributed by atoms with van der Waals surface area (Å²) in [7, 11) is 0. The van der Waals surface area contributed by atoms with Crippen LogP contribution in [0.1, 0.15) is 6.42 Å². The van der Waals surface area contributed by atoms with Crippen LogP contribution in [-0.4, -0.2) is 24.1 Å². The van der Waals surface area contributed by atoms with E-state index in [0.29, 0.717) is 23.5 Å². The Morgan fingerprint density at radius 1 is 0.617 bits per heavy atom. The standard InChI is InChI=1S/C42H31N5/c1-2-28-21-23-29(24-22-28)27-46-36-19-11-9-17-32(36)34-25-26-35-33-18-10-12-20-37(33)47(39(35)38(34)46)42-44-40(30-13-5-3-6-14-30)43-41(45-42)31-15-7-4-8-16-31/h2-23,25-26,29H,1,24,27H2. The molecule has 224 valence electrons. The minimum absolute atomic E-state index is 0.359. The Labute approximate surface area is 272 Å². The summed E-state index contributed by atoms with van der Waals surface area (Å²) in [6.45, 7) is 4.82. The topological polar surface area (TPSA) is 48.5 Å². The highest BCUT2D eigenvalue weighted by Gasteiger charge is 2.23. The van der Waals surface area contributed by atoms with Crippen molar-refractivity contribution in [2.24, 2.45) is 5.92 Å². The summed E-state index contributed by atoms with van der Waals surface area (Å²) in [5, 5.41) is 4.81. The lowest BCUT2D eigenvalue weighted by Gasteiger charge is -2.18. The number of nitrogens with zero attached hydrogens (tertiary/aromatic N) is 5. The molecule has 0 bridgehead atoms. The molecule has 5 aromatic carbocycles. The Balaban J connectivity index is 1.38. The molecule has 0 aliphatic heterocycles. The smallest absolute Gasteiger partial charge is 0.238 e. The van der Waals surface area contributed by atoms with Crippen LogP contribution in [0.3, 0.4) is 0 Å². The van der Waals surface area contributed by atoms with Crippen LogP contribution in [0.5, 0.6) is 0 Å². The SMILES string of the molecule is C=CC1=CCC(Cn2c3ccccc3c3ccc4c5ccccc5n(-c5nc(-c6ccccc6)nc(-c6ccccc6)n5)c4c32)C=C1. The Morgan fingerprint density at radius 3 is 1.81 bits per heavy atom. The lowest BCUT2D eigenvalue weighted by Crippen LogP contribution is -2.11. The van der Waals surface area contributed by atoms with Gasteiger partial charge in [-0.3, -0.25) is 4.57 Å². The third-order valence-corrected chi connectivity index (χ3v) is 9.32. The largest absolute Gasteiger partial charge is 0.338 e. The number of allylic oxidation sites excluding steroid dienone is 5. The molecular weight excluding hydrogens is 574 g/mol. The van der Waals surface area contributed by atoms with Gasteiger partial charge in [-0.25, -0.2) is 4.98 Å². The van der Waals surface area contributed by atoms with Gasteiger partial charge in [-0.05, 0) is 30.0 Å². The molecule has 47 heavy (non-hydrogen) atoms. The van der Waals surface area contributed by atoms with Gasteiger partial charge in [0.05, 0.1) is 16.6 Å². The number of fused-ring (bicyclic) bond motifs is 7. The van der Waals surface area contributed by atoms with E-state index in [2.05, 4.69) is 119 Å². The highest BCUT2D eigenvalue weighted by Crippen LogP contribution is 2.41. The van der Waals surface area contributed by atoms with Gasteiger partial charge in [0.15, 0.2) is 11.6 Å². The molecule has 5 heteroatoms. The lowest BCUT2D eigenvalue weighted by molar-refractivity contribution is 0.553. The molecule has 1 aliphatic rings. The molecule has 1 aliphatic carbocycles. The molecule has 5 nitrogen and oxygen atoms in total. The van der Waals surface area contributed by atoms with Crippen LogP contribution in [0.2, 0.25) is 0 Å². The van der Waals surface area contributed by atoms with E-state index in [0.717, 1.165) is 35.1 Å². The number of hydrogen-bond acceptors (Lipinski definition) is 3. The minimum atomic E-state index is 0.359. The quantitative estimate of drug-likeness (QED) is 0.190. The molecule has 0 N–H and O–H groups in total. The van der Waals surface area contributed by atoms with Crippen molar-refractivity contribution in [3.05, 3.63) is 158 Å². The predicted molar refractivity (Wildman–Crippen MR) is 194 cm³/mol. The van der Waals surface area contributed by atoms with Crippen LogP contribution in [0.4, 0.5) is 0 Å². The van der Waals surface area contributed by atoms with Gasteiger partial charge in [0.1, 0.15) is 0 Å². The van der Waals surface area contributed by atoms with Crippen LogP contribution < -0.4 is 0 Å². The molecule has 3 aromatic heterocycles. The van der Waals surface area contributed by atoms with Gasteiger partial charge in [0, 0.05) is 44.7 Å². The van der Waals surface area contributed by atoms with Crippen molar-refractivity contribution < 1.29 is 0 Å². The van der Waals surface area contributed by atoms with Gasteiger partial charge in [-0.15, -0.1) is 0 Å². The highest BCUT2D eigenvalue weighted by atomic mass is 15.2. The van der Waals surface area contributed by atoms with E-state index in [9.17, 15) is 0 Å². The Morgan fingerprint density at radius 2 is 1.19 bits per heavy atom. The van der Waals surface area contributed by atoms with E-state index in [1.165, 1.54) is 38.2 Å². The fourth-order valence-corrected chi connectivity index (χ4v) is 7.09. The molecule has 0 spiro atoms. The maximum Gasteiger partial charge on any atom is 0.238 e. The summed E-state index contributed by atoms with van der Waals surface area (Å²) in [5.74, 6) is 2.25. The van der Waals surface area contributed by atoms with Gasteiger partial charge < -0.3 is 4.57 Å². The zero-order valence-electron chi connectivity index (χ0n) is 25.8. The molecule has 8 aromatic rings. The highest BCUT2D eigenvalue weighted by molar-refractivity contribution is 6.23. The van der Waals surface area contributed by atoms with E-state index >= 15 is 0 Å². The average Bonchev–Trinajstić information content (AvgIpc) is 3.65. The first-order chi connectivity index (χ1) is 23.3. The van der Waals surface area contributed by atoms with Crippen LogP contribution >= 0.6 is 0 Å². The molecule has 9 rings (SSSR count). The van der Waals surface area contributed by atoms with Crippen molar-refractivity contribution in [2.75, 3.05) is 0 Å². The molecular formula is C42H31N5. The average molecular weight is 606 g/mol. The van der Waals surface area contributed by atoms with E-state index in [-0.39, 0.29) is 0 Å². The molecule has 0 amide bonds. The first-order valence-corrected chi connectivity index (χ1v) is 16.1. The van der Waals surface area contributed by atoms with E-state index in [4.69, 9.17) is 15.0 Å². The first-order valence-electron chi connectivity index (χ1n) is 16.1. The van der Waals surface area contributed by atoms with Gasteiger partial charge in [0.2, 0.25) is 5.95 Å². The zero-order valence-corrected chi connectivity index (χ0v) is 25.8. The molecule has 0 fully saturated rings. The molecule has 0 radical (unpaired) electrons. The molecule has 0 saturated heterocycles. The van der Waals surface area contributed by atoms with Gasteiger partial charge in [-0.2, -0.15) is 9.97 Å². The minimum Gasteiger partial charge on any atom is -0.338 e. The van der Waals surface area contributed by atoms with Crippen molar-refractivity contribution in [1.29, 1.82) is 0 Å². The number of para-hydroxylation sites is 2. The van der Waals surface area contributed by atoms with Crippen molar-refractivity contribution in [2.45, 2.75) is 13.0 Å². The van der Waals surface area contributed by atoms with E-state index in [1.54, 1.807) is 0 Å². The summed E-state index contributed by atoms with van der Waals surface area (Å²) >= 11 is 0. The second-order valence-corrected chi connectivity index (χ2v) is 12.1. The monoisotopic (exact) mass is 605 g/mol. The zero-order chi connectivity index (χ0) is 31.3. The molecule has 3 heterocycles. The second-order valence-electron chi connectivity index (χ2n) is 12.1. The lowest BCUT2D eigenvalue weighted by atomic mass is 9.96. The number of aromatic nitrogens is 5. The van der Waals surface area contributed by atoms with Crippen molar-refractivity contribution in [3.8, 4) is 28.7 Å². The normalized spacial score (nSPS) is 14.7. The summed E-state index contributed by atoms with van der Waals surface area (Å²) < 4.78 is 4.77.